The van der Waals surface area contributed by atoms with Crippen LogP contribution in [0.1, 0.15) is 32.8 Å². The van der Waals surface area contributed by atoms with Crippen LogP contribution < -0.4 is 10.6 Å². The first-order chi connectivity index (χ1) is 8.45. The van der Waals surface area contributed by atoms with Crippen molar-refractivity contribution in [3.8, 4) is 0 Å². The highest BCUT2D eigenvalue weighted by Crippen LogP contribution is 2.27. The number of rotatable bonds is 6. The second-order valence-corrected chi connectivity index (χ2v) is 5.45. The zero-order chi connectivity index (χ0) is 13.6. The van der Waals surface area contributed by atoms with Gasteiger partial charge in [0.1, 0.15) is 0 Å². The Morgan fingerprint density at radius 3 is 2.37 bits per heavy atom. The normalized spacial score (nSPS) is 12.4. The van der Waals surface area contributed by atoms with Crippen molar-refractivity contribution in [2.45, 2.75) is 38.6 Å². The van der Waals surface area contributed by atoms with Crippen LogP contribution in [0, 0.1) is 0 Å². The fraction of sp³-hybridized carbons (Fsp3) is 0.533. The average Bonchev–Trinajstić information content (AvgIpc) is 2.29. The van der Waals surface area contributed by atoms with E-state index in [9.17, 15) is 4.79 Å². The first-order valence-electron chi connectivity index (χ1n) is 6.45. The lowest BCUT2D eigenvalue weighted by atomic mass is 9.79. The van der Waals surface area contributed by atoms with Crippen molar-refractivity contribution in [1.82, 2.24) is 10.6 Å². The zero-order valence-corrected chi connectivity index (χ0v) is 13.0. The Morgan fingerprint density at radius 1 is 1.26 bits per heavy atom. The Labute approximate surface area is 122 Å². The SMILES string of the molecule is CNCC(=O)NC(C)CC(C)(C)c1ccccc1.Cl. The van der Waals surface area contributed by atoms with Gasteiger partial charge in [-0.05, 0) is 31.4 Å². The summed E-state index contributed by atoms with van der Waals surface area (Å²) in [7, 11) is 1.78. The summed E-state index contributed by atoms with van der Waals surface area (Å²) >= 11 is 0. The van der Waals surface area contributed by atoms with Gasteiger partial charge in [-0.3, -0.25) is 4.79 Å². The van der Waals surface area contributed by atoms with Gasteiger partial charge in [-0.15, -0.1) is 12.4 Å². The van der Waals surface area contributed by atoms with Gasteiger partial charge in [-0.1, -0.05) is 44.2 Å². The van der Waals surface area contributed by atoms with Gasteiger partial charge in [-0.25, -0.2) is 0 Å². The van der Waals surface area contributed by atoms with E-state index in [2.05, 4.69) is 55.7 Å². The van der Waals surface area contributed by atoms with E-state index in [1.54, 1.807) is 7.05 Å². The lowest BCUT2D eigenvalue weighted by Gasteiger charge is -2.29. The molecule has 1 rings (SSSR count). The molecule has 0 aromatic heterocycles. The quantitative estimate of drug-likeness (QED) is 0.843. The number of hydrogen-bond acceptors (Lipinski definition) is 2. The molecule has 1 unspecified atom stereocenters. The number of carbonyl (C=O) groups is 1. The molecule has 1 amide bonds. The van der Waals surface area contributed by atoms with Gasteiger partial charge in [0.25, 0.3) is 0 Å². The monoisotopic (exact) mass is 284 g/mol. The van der Waals surface area contributed by atoms with E-state index in [1.165, 1.54) is 5.56 Å². The van der Waals surface area contributed by atoms with Gasteiger partial charge in [0.05, 0.1) is 6.54 Å². The Hall–Kier alpha value is -1.06. The minimum absolute atomic E-state index is 0. The maximum atomic E-state index is 11.5. The van der Waals surface area contributed by atoms with Crippen LogP contribution in [0.2, 0.25) is 0 Å². The predicted molar refractivity (Wildman–Crippen MR) is 82.9 cm³/mol. The minimum Gasteiger partial charge on any atom is -0.353 e. The van der Waals surface area contributed by atoms with Gasteiger partial charge in [-0.2, -0.15) is 0 Å². The van der Waals surface area contributed by atoms with Crippen molar-refractivity contribution >= 4 is 18.3 Å². The predicted octanol–water partition coefficient (Wildman–Crippen LogP) is 2.50. The second-order valence-electron chi connectivity index (χ2n) is 5.45. The number of nitrogens with one attached hydrogen (secondary N) is 2. The van der Waals surface area contributed by atoms with Crippen LogP contribution in [-0.4, -0.2) is 25.5 Å². The van der Waals surface area contributed by atoms with E-state index in [1.807, 2.05) is 6.07 Å². The molecule has 0 aliphatic rings. The van der Waals surface area contributed by atoms with E-state index in [4.69, 9.17) is 0 Å². The van der Waals surface area contributed by atoms with Gasteiger partial charge >= 0.3 is 0 Å². The van der Waals surface area contributed by atoms with Gasteiger partial charge in [0, 0.05) is 6.04 Å². The lowest BCUT2D eigenvalue weighted by molar-refractivity contribution is -0.120. The topological polar surface area (TPSA) is 41.1 Å². The first-order valence-corrected chi connectivity index (χ1v) is 6.45. The molecule has 0 radical (unpaired) electrons. The molecule has 0 aliphatic heterocycles. The van der Waals surface area contributed by atoms with Crippen LogP contribution in [-0.2, 0) is 10.2 Å². The summed E-state index contributed by atoms with van der Waals surface area (Å²) in [6.07, 6.45) is 0.923. The molecule has 1 atom stereocenters. The molecule has 0 aliphatic carbocycles. The Morgan fingerprint density at radius 2 is 1.84 bits per heavy atom. The Balaban J connectivity index is 0.00000324. The molecule has 108 valence electrons. The van der Waals surface area contributed by atoms with Gasteiger partial charge < -0.3 is 10.6 Å². The van der Waals surface area contributed by atoms with Crippen molar-refractivity contribution in [2.75, 3.05) is 13.6 Å². The molecule has 0 spiro atoms. The smallest absolute Gasteiger partial charge is 0.234 e. The number of hydrogen-bond donors (Lipinski definition) is 2. The summed E-state index contributed by atoms with van der Waals surface area (Å²) in [6.45, 7) is 6.85. The Kier molecular flexibility index (Phi) is 7.72. The second kappa shape index (κ2) is 8.18. The van der Waals surface area contributed by atoms with Gasteiger partial charge in [0.2, 0.25) is 5.91 Å². The van der Waals surface area contributed by atoms with Crippen molar-refractivity contribution in [3.05, 3.63) is 35.9 Å². The summed E-state index contributed by atoms with van der Waals surface area (Å²) in [5.41, 5.74) is 1.37. The van der Waals surface area contributed by atoms with E-state index < -0.39 is 0 Å². The molecule has 1 aromatic carbocycles. The molecule has 4 heteroatoms. The molecule has 0 bridgehead atoms. The fourth-order valence-electron chi connectivity index (χ4n) is 2.31. The van der Waals surface area contributed by atoms with Crippen LogP contribution in [0.4, 0.5) is 0 Å². The van der Waals surface area contributed by atoms with Crippen LogP contribution in [0.15, 0.2) is 30.3 Å². The molecule has 0 heterocycles. The summed E-state index contributed by atoms with van der Waals surface area (Å²) < 4.78 is 0. The molecular weight excluding hydrogens is 260 g/mol. The lowest BCUT2D eigenvalue weighted by Crippen LogP contribution is -2.40. The maximum absolute atomic E-state index is 11.5. The van der Waals surface area contributed by atoms with Crippen molar-refractivity contribution in [3.63, 3.8) is 0 Å². The highest BCUT2D eigenvalue weighted by atomic mass is 35.5. The maximum Gasteiger partial charge on any atom is 0.234 e. The molecule has 2 N–H and O–H groups in total. The van der Waals surface area contributed by atoms with E-state index >= 15 is 0 Å². The minimum atomic E-state index is 0. The van der Waals surface area contributed by atoms with Crippen LogP contribution in [0.5, 0.6) is 0 Å². The molecule has 19 heavy (non-hydrogen) atoms. The zero-order valence-electron chi connectivity index (χ0n) is 12.2. The summed E-state index contributed by atoms with van der Waals surface area (Å²) in [6, 6.07) is 10.6. The Bertz CT molecular complexity index is 379. The van der Waals surface area contributed by atoms with Crippen molar-refractivity contribution < 1.29 is 4.79 Å². The standard InChI is InChI=1S/C15H24N2O.ClH/c1-12(17-14(18)11-16-4)10-15(2,3)13-8-6-5-7-9-13;/h5-9,12,16H,10-11H2,1-4H3,(H,17,18);1H. The number of carbonyl (C=O) groups excluding carboxylic acids is 1. The van der Waals surface area contributed by atoms with E-state index in [-0.39, 0.29) is 29.8 Å². The number of halogens is 1. The highest BCUT2D eigenvalue weighted by Gasteiger charge is 2.23. The third-order valence-corrected chi connectivity index (χ3v) is 3.12. The van der Waals surface area contributed by atoms with Crippen molar-refractivity contribution in [1.29, 1.82) is 0 Å². The fourth-order valence-corrected chi connectivity index (χ4v) is 2.31. The van der Waals surface area contributed by atoms with Crippen molar-refractivity contribution in [2.24, 2.45) is 0 Å². The third kappa shape index (κ3) is 6.08. The summed E-state index contributed by atoms with van der Waals surface area (Å²) in [5, 5.41) is 5.86. The number of likely N-dealkylation sites (N-methyl/N-ethyl adjacent to an activating group) is 1. The number of benzene rings is 1. The van der Waals surface area contributed by atoms with Crippen LogP contribution in [0.3, 0.4) is 0 Å². The summed E-state index contributed by atoms with van der Waals surface area (Å²) in [4.78, 5) is 11.5. The van der Waals surface area contributed by atoms with Gasteiger partial charge in [0.15, 0.2) is 0 Å². The highest BCUT2D eigenvalue weighted by molar-refractivity contribution is 5.85. The number of amides is 1. The van der Waals surface area contributed by atoms with Crippen LogP contribution >= 0.6 is 12.4 Å². The first kappa shape index (κ1) is 17.9. The molecular formula is C15H25ClN2O. The van der Waals surface area contributed by atoms with E-state index in [0.29, 0.717) is 6.54 Å². The molecule has 1 aromatic rings. The largest absolute Gasteiger partial charge is 0.353 e. The molecule has 0 saturated carbocycles. The summed E-state index contributed by atoms with van der Waals surface area (Å²) in [5.74, 6) is 0.0499. The van der Waals surface area contributed by atoms with Crippen LogP contribution in [0.25, 0.3) is 0 Å². The third-order valence-electron chi connectivity index (χ3n) is 3.12. The average molecular weight is 285 g/mol. The molecule has 3 nitrogen and oxygen atoms in total. The van der Waals surface area contributed by atoms with E-state index in [0.717, 1.165) is 6.42 Å². The molecule has 0 fully saturated rings. The molecule has 0 saturated heterocycles.